The van der Waals surface area contributed by atoms with Gasteiger partial charge in [-0.3, -0.25) is 14.4 Å². The molecule has 0 aliphatic carbocycles. The zero-order valence-corrected chi connectivity index (χ0v) is 15.4. The summed E-state index contributed by atoms with van der Waals surface area (Å²) in [6.07, 6.45) is 0. The molecule has 0 saturated carbocycles. The predicted molar refractivity (Wildman–Crippen MR) is 99.6 cm³/mol. The van der Waals surface area contributed by atoms with Crippen LogP contribution in [-0.2, 0) is 20.9 Å². The number of carbonyl (C=O) groups is 3. The van der Waals surface area contributed by atoms with Crippen LogP contribution in [0, 0.1) is 0 Å². The third kappa shape index (κ3) is 6.63. The number of nitrogens with one attached hydrogen (secondary N) is 2. The van der Waals surface area contributed by atoms with Crippen LogP contribution < -0.4 is 15.4 Å². The third-order valence-corrected chi connectivity index (χ3v) is 3.91. The second kappa shape index (κ2) is 10.2. The first-order chi connectivity index (χ1) is 13.0. The van der Waals surface area contributed by atoms with Gasteiger partial charge in [0, 0.05) is 17.1 Å². The number of amides is 2. The summed E-state index contributed by atoms with van der Waals surface area (Å²) in [7, 11) is 1.52. The summed E-state index contributed by atoms with van der Waals surface area (Å²) < 4.78 is 9.83. The monoisotopic (exact) mass is 390 g/mol. The molecule has 2 amide bonds. The Bertz CT molecular complexity index is 808. The average molecular weight is 391 g/mol. The fourth-order valence-corrected chi connectivity index (χ4v) is 2.28. The molecule has 8 heteroatoms. The lowest BCUT2D eigenvalue weighted by Crippen LogP contribution is -2.33. The van der Waals surface area contributed by atoms with Gasteiger partial charge in [0.05, 0.1) is 7.11 Å². The van der Waals surface area contributed by atoms with E-state index in [-0.39, 0.29) is 13.1 Å². The van der Waals surface area contributed by atoms with E-state index in [1.165, 1.54) is 7.11 Å². The van der Waals surface area contributed by atoms with Crippen LogP contribution in [0.4, 0.5) is 0 Å². The number of hydrogen-bond acceptors (Lipinski definition) is 5. The van der Waals surface area contributed by atoms with E-state index in [4.69, 9.17) is 21.1 Å². The standard InChI is InChI=1S/C19H19ClN2O5/c1-26-15-8-6-13(7-9-15)19(25)22-11-18(24)27-12-17(23)21-10-14-4-2-3-5-16(14)20/h2-9H,10-12H2,1H3,(H,21,23)(H,22,25). The highest BCUT2D eigenvalue weighted by Gasteiger charge is 2.11. The molecule has 7 nitrogen and oxygen atoms in total. The maximum Gasteiger partial charge on any atom is 0.325 e. The molecular weight excluding hydrogens is 372 g/mol. The molecule has 0 aromatic heterocycles. The molecule has 2 aromatic rings. The van der Waals surface area contributed by atoms with E-state index >= 15 is 0 Å². The lowest BCUT2D eigenvalue weighted by Gasteiger charge is -2.08. The maximum atomic E-state index is 11.9. The van der Waals surface area contributed by atoms with E-state index in [1.807, 2.05) is 0 Å². The first kappa shape index (κ1) is 20.3. The van der Waals surface area contributed by atoms with Crippen LogP contribution in [0.1, 0.15) is 15.9 Å². The zero-order chi connectivity index (χ0) is 19.6. The number of hydrogen-bond donors (Lipinski definition) is 2. The van der Waals surface area contributed by atoms with Crippen molar-refractivity contribution < 1.29 is 23.9 Å². The zero-order valence-electron chi connectivity index (χ0n) is 14.7. The van der Waals surface area contributed by atoms with E-state index in [0.29, 0.717) is 16.3 Å². The fraction of sp³-hybridized carbons (Fsp3) is 0.211. The number of carbonyl (C=O) groups excluding carboxylic acids is 3. The van der Waals surface area contributed by atoms with Crippen molar-refractivity contribution in [3.05, 3.63) is 64.7 Å². The van der Waals surface area contributed by atoms with Crippen LogP contribution >= 0.6 is 11.6 Å². The maximum absolute atomic E-state index is 11.9. The molecule has 142 valence electrons. The summed E-state index contributed by atoms with van der Waals surface area (Å²) in [4.78, 5) is 35.3. The van der Waals surface area contributed by atoms with Crippen LogP contribution in [0.15, 0.2) is 48.5 Å². The Kier molecular flexibility index (Phi) is 7.63. The van der Waals surface area contributed by atoms with Crippen molar-refractivity contribution >= 4 is 29.4 Å². The lowest BCUT2D eigenvalue weighted by atomic mass is 10.2. The number of esters is 1. The van der Waals surface area contributed by atoms with Gasteiger partial charge in [0.25, 0.3) is 11.8 Å². The van der Waals surface area contributed by atoms with Gasteiger partial charge in [-0.15, -0.1) is 0 Å². The molecule has 0 spiro atoms. The van der Waals surface area contributed by atoms with Crippen molar-refractivity contribution in [3.63, 3.8) is 0 Å². The van der Waals surface area contributed by atoms with Crippen LogP contribution in [0.3, 0.4) is 0 Å². The highest BCUT2D eigenvalue weighted by atomic mass is 35.5. The third-order valence-electron chi connectivity index (χ3n) is 3.54. The highest BCUT2D eigenvalue weighted by molar-refractivity contribution is 6.31. The Morgan fingerprint density at radius 3 is 2.37 bits per heavy atom. The number of rotatable bonds is 8. The molecule has 27 heavy (non-hydrogen) atoms. The molecule has 0 fully saturated rings. The minimum absolute atomic E-state index is 0.226. The summed E-state index contributed by atoms with van der Waals surface area (Å²) in [5, 5.41) is 5.56. The summed E-state index contributed by atoms with van der Waals surface area (Å²) >= 11 is 5.99. The predicted octanol–water partition coefficient (Wildman–Crippen LogP) is 1.94. The van der Waals surface area contributed by atoms with Crippen LogP contribution in [0.5, 0.6) is 5.75 Å². The second-order valence-corrected chi connectivity index (χ2v) is 5.85. The van der Waals surface area contributed by atoms with E-state index in [9.17, 15) is 14.4 Å². The van der Waals surface area contributed by atoms with Gasteiger partial charge in [-0.25, -0.2) is 0 Å². The number of halogens is 1. The van der Waals surface area contributed by atoms with Crippen LogP contribution in [0.2, 0.25) is 5.02 Å². The molecule has 0 heterocycles. The number of benzene rings is 2. The van der Waals surface area contributed by atoms with Gasteiger partial charge in [-0.1, -0.05) is 29.8 Å². The lowest BCUT2D eigenvalue weighted by molar-refractivity contribution is -0.147. The summed E-state index contributed by atoms with van der Waals surface area (Å²) in [5.74, 6) is -0.999. The van der Waals surface area contributed by atoms with Crippen LogP contribution in [0.25, 0.3) is 0 Å². The Morgan fingerprint density at radius 1 is 1.00 bits per heavy atom. The smallest absolute Gasteiger partial charge is 0.325 e. The van der Waals surface area contributed by atoms with Crippen molar-refractivity contribution in [2.75, 3.05) is 20.3 Å². The van der Waals surface area contributed by atoms with Gasteiger partial charge >= 0.3 is 5.97 Å². The van der Waals surface area contributed by atoms with Gasteiger partial charge < -0.3 is 20.1 Å². The molecule has 0 radical (unpaired) electrons. The van der Waals surface area contributed by atoms with Gasteiger partial charge in [-0.2, -0.15) is 0 Å². The highest BCUT2D eigenvalue weighted by Crippen LogP contribution is 2.14. The molecule has 2 aromatic carbocycles. The van der Waals surface area contributed by atoms with Crippen molar-refractivity contribution in [1.82, 2.24) is 10.6 Å². The van der Waals surface area contributed by atoms with Crippen molar-refractivity contribution in [3.8, 4) is 5.75 Å². The largest absolute Gasteiger partial charge is 0.497 e. The molecule has 0 bridgehead atoms. The van der Waals surface area contributed by atoms with E-state index in [1.54, 1.807) is 48.5 Å². The minimum Gasteiger partial charge on any atom is -0.497 e. The molecule has 0 atom stereocenters. The topological polar surface area (TPSA) is 93.7 Å². The van der Waals surface area contributed by atoms with Crippen molar-refractivity contribution in [2.24, 2.45) is 0 Å². The van der Waals surface area contributed by atoms with Crippen molar-refractivity contribution in [2.45, 2.75) is 6.54 Å². The normalized spacial score (nSPS) is 10.0. The summed E-state index contributed by atoms with van der Waals surface area (Å²) in [5.41, 5.74) is 1.13. The van der Waals surface area contributed by atoms with E-state index < -0.39 is 24.4 Å². The molecule has 2 N–H and O–H groups in total. The second-order valence-electron chi connectivity index (χ2n) is 5.44. The number of methoxy groups -OCH3 is 1. The molecule has 2 rings (SSSR count). The van der Waals surface area contributed by atoms with Gasteiger partial charge in [-0.05, 0) is 35.9 Å². The van der Waals surface area contributed by atoms with Gasteiger partial charge in [0.2, 0.25) is 0 Å². The SMILES string of the molecule is COc1ccc(C(=O)NCC(=O)OCC(=O)NCc2ccccc2Cl)cc1. The quantitative estimate of drug-likeness (QED) is 0.672. The molecular formula is C19H19ClN2O5. The van der Waals surface area contributed by atoms with E-state index in [0.717, 1.165) is 5.56 Å². The molecule has 0 saturated heterocycles. The first-order valence-corrected chi connectivity index (χ1v) is 8.45. The Balaban J connectivity index is 1.68. The fourth-order valence-electron chi connectivity index (χ4n) is 2.08. The number of ether oxygens (including phenoxy) is 2. The minimum atomic E-state index is -0.718. The average Bonchev–Trinajstić information content (AvgIpc) is 2.69. The Hall–Kier alpha value is -3.06. The Morgan fingerprint density at radius 2 is 1.70 bits per heavy atom. The Labute approximate surface area is 161 Å². The van der Waals surface area contributed by atoms with Gasteiger partial charge in [0.15, 0.2) is 6.61 Å². The van der Waals surface area contributed by atoms with Gasteiger partial charge in [0.1, 0.15) is 12.3 Å². The van der Waals surface area contributed by atoms with E-state index in [2.05, 4.69) is 10.6 Å². The van der Waals surface area contributed by atoms with Crippen LogP contribution in [-0.4, -0.2) is 38.0 Å². The molecule has 0 aliphatic rings. The first-order valence-electron chi connectivity index (χ1n) is 8.07. The summed E-state index contributed by atoms with van der Waals surface area (Å²) in [6, 6.07) is 13.5. The van der Waals surface area contributed by atoms with Crippen molar-refractivity contribution in [1.29, 1.82) is 0 Å². The summed E-state index contributed by atoms with van der Waals surface area (Å²) in [6.45, 7) is -0.561. The molecule has 0 aliphatic heterocycles. The molecule has 0 unspecified atom stereocenters.